The van der Waals surface area contributed by atoms with E-state index in [-0.39, 0.29) is 12.4 Å². The van der Waals surface area contributed by atoms with Gasteiger partial charge in [0, 0.05) is 18.7 Å². The van der Waals surface area contributed by atoms with Crippen LogP contribution >= 0.6 is 0 Å². The summed E-state index contributed by atoms with van der Waals surface area (Å²) in [5.41, 5.74) is 1.56. The minimum absolute atomic E-state index is 0.266. The number of aryl methyl sites for hydroxylation is 1. The zero-order chi connectivity index (χ0) is 14.4. The highest BCUT2D eigenvalue weighted by molar-refractivity contribution is 5.29. The van der Waals surface area contributed by atoms with Crippen LogP contribution < -0.4 is 10.1 Å². The normalized spacial score (nSPS) is 10.8. The Morgan fingerprint density at radius 3 is 2.85 bits per heavy atom. The molecule has 0 amide bonds. The van der Waals surface area contributed by atoms with Gasteiger partial charge in [0.1, 0.15) is 29.6 Å². The number of aromatic nitrogens is 1. The van der Waals surface area contributed by atoms with Crippen LogP contribution in [0.4, 0.5) is 4.39 Å². The summed E-state index contributed by atoms with van der Waals surface area (Å²) in [7, 11) is 0. The van der Waals surface area contributed by atoms with Crippen molar-refractivity contribution in [2.45, 2.75) is 33.4 Å². The van der Waals surface area contributed by atoms with Gasteiger partial charge >= 0.3 is 0 Å². The van der Waals surface area contributed by atoms with E-state index >= 15 is 0 Å². The van der Waals surface area contributed by atoms with Gasteiger partial charge < -0.3 is 14.6 Å². The molecule has 0 aliphatic heterocycles. The molecule has 4 nitrogen and oxygen atoms in total. The molecule has 5 heteroatoms. The van der Waals surface area contributed by atoms with Crippen LogP contribution in [0.15, 0.2) is 28.8 Å². The number of hydrogen-bond donors (Lipinski definition) is 1. The van der Waals surface area contributed by atoms with E-state index in [1.54, 1.807) is 6.07 Å². The Balaban J connectivity index is 1.96. The van der Waals surface area contributed by atoms with E-state index in [1.165, 1.54) is 12.1 Å². The molecule has 1 N–H and O–H groups in total. The van der Waals surface area contributed by atoms with E-state index in [2.05, 4.69) is 17.4 Å². The lowest BCUT2D eigenvalue weighted by molar-refractivity contribution is 0.286. The third kappa shape index (κ3) is 4.35. The first-order valence-electron chi connectivity index (χ1n) is 6.72. The fourth-order valence-corrected chi connectivity index (χ4v) is 1.86. The minimum atomic E-state index is -0.299. The van der Waals surface area contributed by atoms with Crippen LogP contribution in [0.1, 0.15) is 30.4 Å². The van der Waals surface area contributed by atoms with Crippen molar-refractivity contribution in [2.75, 3.05) is 6.54 Å². The van der Waals surface area contributed by atoms with Crippen molar-refractivity contribution in [1.29, 1.82) is 0 Å². The average molecular weight is 278 g/mol. The molecule has 0 aliphatic rings. The van der Waals surface area contributed by atoms with Crippen molar-refractivity contribution in [3.05, 3.63) is 47.1 Å². The quantitative estimate of drug-likeness (QED) is 0.790. The molecule has 1 aromatic heterocycles. The summed E-state index contributed by atoms with van der Waals surface area (Å²) < 4.78 is 24.0. The highest BCUT2D eigenvalue weighted by Crippen LogP contribution is 2.18. The topological polar surface area (TPSA) is 47.3 Å². The number of nitrogens with zero attached hydrogens (tertiary/aromatic N) is 1. The lowest BCUT2D eigenvalue weighted by Gasteiger charge is -2.08. The number of halogens is 1. The fourth-order valence-electron chi connectivity index (χ4n) is 1.86. The zero-order valence-electron chi connectivity index (χ0n) is 11.8. The molecule has 108 valence electrons. The summed E-state index contributed by atoms with van der Waals surface area (Å²) in [5, 5.41) is 7.06. The number of nitrogens with one attached hydrogen (secondary N) is 1. The first-order chi connectivity index (χ1) is 9.67. The Labute approximate surface area is 117 Å². The molecule has 0 radical (unpaired) electrons. The van der Waals surface area contributed by atoms with Gasteiger partial charge in [0.15, 0.2) is 0 Å². The molecule has 0 saturated carbocycles. The summed E-state index contributed by atoms with van der Waals surface area (Å²) >= 11 is 0. The monoisotopic (exact) mass is 278 g/mol. The highest BCUT2D eigenvalue weighted by atomic mass is 19.1. The molecule has 0 bridgehead atoms. The Bertz CT molecular complexity index is 555. The molecular weight excluding hydrogens is 259 g/mol. The van der Waals surface area contributed by atoms with Crippen molar-refractivity contribution < 1.29 is 13.7 Å². The van der Waals surface area contributed by atoms with Gasteiger partial charge in [-0.1, -0.05) is 12.1 Å². The predicted molar refractivity (Wildman–Crippen MR) is 74.0 cm³/mol. The second-order valence-corrected chi connectivity index (χ2v) is 4.69. The van der Waals surface area contributed by atoms with Crippen LogP contribution in [0.3, 0.4) is 0 Å². The molecular formula is C15H19FN2O2. The standard InChI is InChI=1S/C15H19FN2O2/c1-3-4-17-9-12-6-13(16)8-15(7-12)19-10-14-5-11(2)20-18-14/h5-8,17H,3-4,9-10H2,1-2H3. The summed E-state index contributed by atoms with van der Waals surface area (Å²) in [6.07, 6.45) is 1.05. The van der Waals surface area contributed by atoms with Gasteiger partial charge in [-0.25, -0.2) is 4.39 Å². The van der Waals surface area contributed by atoms with E-state index in [4.69, 9.17) is 9.26 Å². The maximum atomic E-state index is 13.5. The second kappa shape index (κ2) is 7.05. The Morgan fingerprint density at radius 2 is 2.15 bits per heavy atom. The molecule has 0 saturated heterocycles. The molecule has 2 rings (SSSR count). The molecule has 2 aromatic rings. The largest absolute Gasteiger partial charge is 0.487 e. The third-order valence-corrected chi connectivity index (χ3v) is 2.75. The van der Waals surface area contributed by atoms with Gasteiger partial charge in [-0.05, 0) is 37.6 Å². The minimum Gasteiger partial charge on any atom is -0.487 e. The van der Waals surface area contributed by atoms with Crippen LogP contribution in [0.2, 0.25) is 0 Å². The van der Waals surface area contributed by atoms with Gasteiger partial charge in [0.2, 0.25) is 0 Å². The SMILES string of the molecule is CCCNCc1cc(F)cc(OCc2cc(C)on2)c1. The fraction of sp³-hybridized carbons (Fsp3) is 0.400. The van der Waals surface area contributed by atoms with Crippen molar-refractivity contribution >= 4 is 0 Å². The van der Waals surface area contributed by atoms with Gasteiger partial charge in [-0.15, -0.1) is 0 Å². The number of hydrogen-bond acceptors (Lipinski definition) is 4. The summed E-state index contributed by atoms with van der Waals surface area (Å²) in [6.45, 7) is 5.71. The van der Waals surface area contributed by atoms with Gasteiger partial charge in [-0.3, -0.25) is 0 Å². The Hall–Kier alpha value is -1.88. The number of ether oxygens (including phenoxy) is 1. The molecule has 1 heterocycles. The van der Waals surface area contributed by atoms with E-state index in [9.17, 15) is 4.39 Å². The molecule has 0 spiro atoms. The predicted octanol–water partition coefficient (Wildman–Crippen LogP) is 3.20. The number of rotatable bonds is 7. The molecule has 20 heavy (non-hydrogen) atoms. The van der Waals surface area contributed by atoms with E-state index < -0.39 is 0 Å². The Kier molecular flexibility index (Phi) is 5.12. The molecule has 0 aliphatic carbocycles. The summed E-state index contributed by atoms with van der Waals surface area (Å²) in [6, 6.07) is 6.51. The van der Waals surface area contributed by atoms with Crippen molar-refractivity contribution in [3.63, 3.8) is 0 Å². The van der Waals surface area contributed by atoms with Gasteiger partial charge in [-0.2, -0.15) is 0 Å². The summed E-state index contributed by atoms with van der Waals surface area (Å²) in [5.74, 6) is 0.929. The zero-order valence-corrected chi connectivity index (χ0v) is 11.8. The van der Waals surface area contributed by atoms with Crippen LogP contribution in [-0.4, -0.2) is 11.7 Å². The van der Waals surface area contributed by atoms with Crippen LogP contribution in [0, 0.1) is 12.7 Å². The molecule has 1 aromatic carbocycles. The maximum Gasteiger partial charge on any atom is 0.134 e. The van der Waals surface area contributed by atoms with Gasteiger partial charge in [0.25, 0.3) is 0 Å². The Morgan fingerprint density at radius 1 is 1.30 bits per heavy atom. The van der Waals surface area contributed by atoms with Gasteiger partial charge in [0.05, 0.1) is 0 Å². The maximum absolute atomic E-state index is 13.5. The molecule has 0 unspecified atom stereocenters. The van der Waals surface area contributed by atoms with Crippen LogP contribution in [-0.2, 0) is 13.2 Å². The van der Waals surface area contributed by atoms with Crippen molar-refractivity contribution in [3.8, 4) is 5.75 Å². The lowest BCUT2D eigenvalue weighted by atomic mass is 10.2. The molecule has 0 fully saturated rings. The van der Waals surface area contributed by atoms with Crippen molar-refractivity contribution in [2.24, 2.45) is 0 Å². The van der Waals surface area contributed by atoms with Crippen LogP contribution in [0.25, 0.3) is 0 Å². The average Bonchev–Trinajstić information content (AvgIpc) is 2.82. The highest BCUT2D eigenvalue weighted by Gasteiger charge is 2.05. The van der Waals surface area contributed by atoms with Crippen molar-refractivity contribution in [1.82, 2.24) is 10.5 Å². The summed E-state index contributed by atoms with van der Waals surface area (Å²) in [4.78, 5) is 0. The molecule has 0 atom stereocenters. The number of benzene rings is 1. The van der Waals surface area contributed by atoms with E-state index in [1.807, 2.05) is 13.0 Å². The second-order valence-electron chi connectivity index (χ2n) is 4.69. The van der Waals surface area contributed by atoms with E-state index in [0.717, 1.165) is 24.3 Å². The van der Waals surface area contributed by atoms with Crippen LogP contribution in [0.5, 0.6) is 5.75 Å². The smallest absolute Gasteiger partial charge is 0.134 e. The van der Waals surface area contributed by atoms with E-state index in [0.29, 0.717) is 18.0 Å². The first-order valence-corrected chi connectivity index (χ1v) is 6.72. The lowest BCUT2D eigenvalue weighted by Crippen LogP contribution is -2.14. The first kappa shape index (κ1) is 14.5. The third-order valence-electron chi connectivity index (χ3n) is 2.75.